The van der Waals surface area contributed by atoms with Crippen molar-refractivity contribution in [3.63, 3.8) is 0 Å². The van der Waals surface area contributed by atoms with Gasteiger partial charge < -0.3 is 15.2 Å². The third-order valence-corrected chi connectivity index (χ3v) is 2.32. The number of carboxylic acid groups (broad SMARTS) is 1. The predicted molar refractivity (Wildman–Crippen MR) is 73.4 cm³/mol. The van der Waals surface area contributed by atoms with Gasteiger partial charge in [0.25, 0.3) is 0 Å². The molecule has 7 nitrogen and oxygen atoms in total. The van der Waals surface area contributed by atoms with Crippen molar-refractivity contribution in [3.8, 4) is 6.07 Å². The average Bonchev–Trinajstić information content (AvgIpc) is 2.36. The number of carboxylic acids is 1. The van der Waals surface area contributed by atoms with Gasteiger partial charge in [0.05, 0.1) is 0 Å². The molecule has 0 aliphatic rings. The Bertz CT molecular complexity index is 572. The van der Waals surface area contributed by atoms with E-state index in [1.165, 1.54) is 6.07 Å². The summed E-state index contributed by atoms with van der Waals surface area (Å²) in [5.41, 5.74) is -0.127. The van der Waals surface area contributed by atoms with Gasteiger partial charge in [0.2, 0.25) is 0 Å². The normalized spacial score (nSPS) is 12.1. The summed E-state index contributed by atoms with van der Waals surface area (Å²) in [6, 6.07) is 5.40. The predicted octanol–water partition coefficient (Wildman–Crippen LogP) is 1.47. The minimum atomic E-state index is -1.20. The first-order chi connectivity index (χ1) is 9.71. The highest BCUT2D eigenvalue weighted by atomic mass is 16.6. The zero-order valence-corrected chi connectivity index (χ0v) is 12.1. The van der Waals surface area contributed by atoms with E-state index in [9.17, 15) is 9.59 Å². The number of nitrogens with zero attached hydrogens (tertiary/aromatic N) is 2. The molecule has 0 saturated carbocycles. The number of aliphatic carboxylic acids is 1. The molecule has 1 rings (SSSR count). The smallest absolute Gasteiger partial charge is 0.408 e. The fourth-order valence-corrected chi connectivity index (χ4v) is 1.51. The minimum Gasteiger partial charge on any atom is -0.480 e. The van der Waals surface area contributed by atoms with Crippen LogP contribution in [0.2, 0.25) is 0 Å². The number of carbonyl (C=O) groups is 2. The van der Waals surface area contributed by atoms with Crippen molar-refractivity contribution in [2.24, 2.45) is 0 Å². The number of alkyl carbamates (subject to hydrolysis) is 1. The van der Waals surface area contributed by atoms with Crippen LogP contribution in [-0.2, 0) is 16.0 Å². The van der Waals surface area contributed by atoms with Crippen LogP contribution >= 0.6 is 0 Å². The summed E-state index contributed by atoms with van der Waals surface area (Å²) < 4.78 is 5.01. The number of hydrogen-bond acceptors (Lipinski definition) is 5. The van der Waals surface area contributed by atoms with Crippen LogP contribution in [0.4, 0.5) is 4.79 Å². The fourth-order valence-electron chi connectivity index (χ4n) is 1.51. The lowest BCUT2D eigenvalue weighted by atomic mass is 10.1. The van der Waals surface area contributed by atoms with Gasteiger partial charge >= 0.3 is 12.1 Å². The van der Waals surface area contributed by atoms with Crippen molar-refractivity contribution in [3.05, 3.63) is 29.6 Å². The summed E-state index contributed by atoms with van der Waals surface area (Å²) in [5, 5.41) is 20.2. The van der Waals surface area contributed by atoms with E-state index in [1.807, 2.05) is 6.07 Å². The number of carbonyl (C=O) groups excluding carboxylic acids is 1. The van der Waals surface area contributed by atoms with E-state index < -0.39 is 23.7 Å². The molecule has 112 valence electrons. The summed E-state index contributed by atoms with van der Waals surface area (Å²) in [6.45, 7) is 5.04. The second kappa shape index (κ2) is 6.70. The molecule has 0 saturated heterocycles. The number of nitriles is 1. The number of rotatable bonds is 4. The lowest BCUT2D eigenvalue weighted by molar-refractivity contribution is -0.139. The minimum absolute atomic E-state index is 0.0376. The van der Waals surface area contributed by atoms with Crippen LogP contribution in [0.15, 0.2) is 18.2 Å². The first-order valence-electron chi connectivity index (χ1n) is 6.29. The van der Waals surface area contributed by atoms with Crippen LogP contribution in [0.1, 0.15) is 32.2 Å². The Morgan fingerprint density at radius 3 is 2.67 bits per heavy atom. The topological polar surface area (TPSA) is 112 Å². The van der Waals surface area contributed by atoms with Crippen LogP contribution in [0.3, 0.4) is 0 Å². The van der Waals surface area contributed by atoms with E-state index in [4.69, 9.17) is 15.1 Å². The number of aromatic nitrogens is 1. The lowest BCUT2D eigenvalue weighted by Gasteiger charge is -2.21. The zero-order valence-electron chi connectivity index (χ0n) is 12.1. The highest BCUT2D eigenvalue weighted by molar-refractivity contribution is 5.80. The Morgan fingerprint density at radius 1 is 1.48 bits per heavy atom. The molecule has 2 N–H and O–H groups in total. The van der Waals surface area contributed by atoms with Gasteiger partial charge in [-0.1, -0.05) is 6.07 Å². The summed E-state index contributed by atoms with van der Waals surface area (Å²) in [4.78, 5) is 26.8. The molecule has 21 heavy (non-hydrogen) atoms. The highest BCUT2D eigenvalue weighted by Gasteiger charge is 2.24. The summed E-state index contributed by atoms with van der Waals surface area (Å²) in [5.74, 6) is -1.20. The molecule has 0 aliphatic heterocycles. The SMILES string of the molecule is CC(C)(C)OC(=O)NC(Cc1cccc(C#N)n1)C(=O)O. The average molecular weight is 291 g/mol. The Hall–Kier alpha value is -2.62. The number of amides is 1. The molecule has 1 atom stereocenters. The fraction of sp³-hybridized carbons (Fsp3) is 0.429. The summed E-state index contributed by atoms with van der Waals surface area (Å²) in [6.07, 6.45) is -0.851. The molecule has 1 heterocycles. The molecule has 1 unspecified atom stereocenters. The molecule has 0 aromatic carbocycles. The second-order valence-electron chi connectivity index (χ2n) is 5.37. The first-order valence-corrected chi connectivity index (χ1v) is 6.29. The van der Waals surface area contributed by atoms with Crippen LogP contribution in [0.25, 0.3) is 0 Å². The third kappa shape index (κ3) is 5.91. The van der Waals surface area contributed by atoms with Crippen molar-refractivity contribution >= 4 is 12.1 Å². The third-order valence-electron chi connectivity index (χ3n) is 2.32. The molecule has 1 amide bonds. The Balaban J connectivity index is 2.77. The van der Waals surface area contributed by atoms with E-state index in [1.54, 1.807) is 32.9 Å². The van der Waals surface area contributed by atoms with E-state index >= 15 is 0 Å². The maximum Gasteiger partial charge on any atom is 0.408 e. The van der Waals surface area contributed by atoms with Crippen molar-refractivity contribution in [2.75, 3.05) is 0 Å². The van der Waals surface area contributed by atoms with Crippen molar-refractivity contribution in [1.82, 2.24) is 10.3 Å². The molecule has 0 bridgehead atoms. The van der Waals surface area contributed by atoms with Crippen molar-refractivity contribution < 1.29 is 19.4 Å². The summed E-state index contributed by atoms with van der Waals surface area (Å²) in [7, 11) is 0. The number of nitrogens with one attached hydrogen (secondary N) is 1. The van der Waals surface area contributed by atoms with Crippen LogP contribution in [-0.4, -0.2) is 33.8 Å². The first kappa shape index (κ1) is 16.4. The van der Waals surface area contributed by atoms with E-state index in [0.29, 0.717) is 5.69 Å². The Labute approximate surface area is 122 Å². The van der Waals surface area contributed by atoms with E-state index in [2.05, 4.69) is 10.3 Å². The Kier molecular flexibility index (Phi) is 5.24. The molecule has 7 heteroatoms. The molecule has 0 radical (unpaired) electrons. The van der Waals surface area contributed by atoms with Crippen LogP contribution in [0.5, 0.6) is 0 Å². The molecule has 1 aromatic rings. The largest absolute Gasteiger partial charge is 0.480 e. The molecule has 0 aliphatic carbocycles. The van der Waals surface area contributed by atoms with Gasteiger partial charge in [-0.05, 0) is 32.9 Å². The lowest BCUT2D eigenvalue weighted by Crippen LogP contribution is -2.44. The van der Waals surface area contributed by atoms with Gasteiger partial charge in [-0.15, -0.1) is 0 Å². The van der Waals surface area contributed by atoms with Gasteiger partial charge in [0.15, 0.2) is 0 Å². The van der Waals surface area contributed by atoms with Crippen LogP contribution in [0, 0.1) is 11.3 Å². The molecule has 1 aromatic heterocycles. The molecular formula is C14H17N3O4. The maximum absolute atomic E-state index is 11.6. The monoisotopic (exact) mass is 291 g/mol. The van der Waals surface area contributed by atoms with Gasteiger partial charge in [-0.3, -0.25) is 0 Å². The van der Waals surface area contributed by atoms with E-state index in [-0.39, 0.29) is 12.1 Å². The number of hydrogen-bond donors (Lipinski definition) is 2. The highest BCUT2D eigenvalue weighted by Crippen LogP contribution is 2.08. The number of pyridine rings is 1. The molecule has 0 spiro atoms. The van der Waals surface area contributed by atoms with Crippen LogP contribution < -0.4 is 5.32 Å². The molecular weight excluding hydrogens is 274 g/mol. The number of ether oxygens (including phenoxy) is 1. The van der Waals surface area contributed by atoms with Gasteiger partial charge in [0, 0.05) is 12.1 Å². The standard InChI is InChI=1S/C14H17N3O4/c1-14(2,3)21-13(20)17-11(12(18)19)7-9-5-4-6-10(8-15)16-9/h4-6,11H,7H2,1-3H3,(H,17,20)(H,18,19). The van der Waals surface area contributed by atoms with Crippen molar-refractivity contribution in [1.29, 1.82) is 5.26 Å². The molecule has 0 fully saturated rings. The van der Waals surface area contributed by atoms with Gasteiger partial charge in [0.1, 0.15) is 23.4 Å². The Morgan fingerprint density at radius 2 is 2.14 bits per heavy atom. The quantitative estimate of drug-likeness (QED) is 0.868. The second-order valence-corrected chi connectivity index (χ2v) is 5.37. The maximum atomic E-state index is 11.6. The summed E-state index contributed by atoms with van der Waals surface area (Å²) >= 11 is 0. The van der Waals surface area contributed by atoms with Gasteiger partial charge in [-0.25, -0.2) is 14.6 Å². The van der Waals surface area contributed by atoms with Gasteiger partial charge in [-0.2, -0.15) is 5.26 Å². The zero-order chi connectivity index (χ0) is 16.0. The van der Waals surface area contributed by atoms with Crippen molar-refractivity contribution in [2.45, 2.75) is 38.8 Å². The van der Waals surface area contributed by atoms with E-state index in [0.717, 1.165) is 0 Å².